The maximum absolute atomic E-state index is 10.6. The third-order valence-electron chi connectivity index (χ3n) is 1.93. The molecule has 5 nitrogen and oxygen atoms in total. The minimum atomic E-state index is -1.28. The van der Waals surface area contributed by atoms with Gasteiger partial charge in [-0.25, -0.2) is 9.97 Å². The second-order valence-corrected chi connectivity index (χ2v) is 3.12. The Morgan fingerprint density at radius 1 is 1.38 bits per heavy atom. The number of nitrogens with zero attached hydrogens (tertiary/aromatic N) is 3. The van der Waals surface area contributed by atoms with Crippen molar-refractivity contribution in [2.45, 2.75) is 0 Å². The van der Waals surface area contributed by atoms with E-state index in [0.29, 0.717) is 11.4 Å². The van der Waals surface area contributed by atoms with Crippen LogP contribution in [0.25, 0.3) is 11.4 Å². The van der Waals surface area contributed by atoms with Crippen molar-refractivity contribution in [3.05, 3.63) is 36.4 Å². The summed E-state index contributed by atoms with van der Waals surface area (Å²) in [7, 11) is 1.83. The zero-order valence-corrected chi connectivity index (χ0v) is 11.0. The van der Waals surface area contributed by atoms with Crippen LogP contribution in [0.5, 0.6) is 0 Å². The molecule has 2 heterocycles. The van der Waals surface area contributed by atoms with E-state index in [1.807, 2.05) is 7.05 Å². The standard InChI is InChI=1S/C10H9N3O2.Na/c1-13-5-9(11-6-13)7-3-2-4-8(12-7)10(14)15;/h2-6H,1H3,(H,14,15);/q;+1/p-1. The fourth-order valence-corrected chi connectivity index (χ4v) is 1.24. The number of aryl methyl sites for hydroxylation is 1. The third kappa shape index (κ3) is 2.69. The summed E-state index contributed by atoms with van der Waals surface area (Å²) in [5.74, 6) is -1.28. The molecule has 2 aromatic heterocycles. The summed E-state index contributed by atoms with van der Waals surface area (Å²) in [5, 5.41) is 10.6. The van der Waals surface area contributed by atoms with Gasteiger partial charge in [-0.15, -0.1) is 0 Å². The summed E-state index contributed by atoms with van der Waals surface area (Å²) < 4.78 is 1.77. The van der Waals surface area contributed by atoms with Gasteiger partial charge in [-0.3, -0.25) is 0 Å². The van der Waals surface area contributed by atoms with E-state index in [9.17, 15) is 9.90 Å². The van der Waals surface area contributed by atoms with Gasteiger partial charge >= 0.3 is 29.6 Å². The molecule has 0 saturated heterocycles. The predicted octanol–water partition coefficient (Wildman–Crippen LogP) is -3.15. The third-order valence-corrected chi connectivity index (χ3v) is 1.93. The first-order valence-corrected chi connectivity index (χ1v) is 4.33. The summed E-state index contributed by atoms with van der Waals surface area (Å²) in [6, 6.07) is 4.71. The monoisotopic (exact) mass is 225 g/mol. The summed E-state index contributed by atoms with van der Waals surface area (Å²) in [4.78, 5) is 18.6. The Labute approximate surface area is 114 Å². The second kappa shape index (κ2) is 5.25. The molecule has 2 rings (SSSR count). The number of pyridine rings is 1. The Hall–Kier alpha value is -1.17. The van der Waals surface area contributed by atoms with E-state index in [1.54, 1.807) is 29.2 Å². The topological polar surface area (TPSA) is 70.8 Å². The second-order valence-electron chi connectivity index (χ2n) is 3.12. The van der Waals surface area contributed by atoms with Crippen LogP contribution < -0.4 is 34.7 Å². The van der Waals surface area contributed by atoms with Crippen LogP contribution in [0.1, 0.15) is 10.5 Å². The molecule has 0 unspecified atom stereocenters. The van der Waals surface area contributed by atoms with E-state index in [4.69, 9.17) is 0 Å². The number of hydrogen-bond donors (Lipinski definition) is 0. The van der Waals surface area contributed by atoms with Crippen LogP contribution in [0.15, 0.2) is 30.7 Å². The maximum atomic E-state index is 10.6. The van der Waals surface area contributed by atoms with Gasteiger partial charge in [0.05, 0.1) is 23.7 Å². The normalized spacial score (nSPS) is 9.56. The van der Waals surface area contributed by atoms with Crippen LogP contribution in [0.2, 0.25) is 0 Å². The van der Waals surface area contributed by atoms with Gasteiger partial charge in [-0.1, -0.05) is 6.07 Å². The average molecular weight is 225 g/mol. The van der Waals surface area contributed by atoms with Crippen LogP contribution in [-0.4, -0.2) is 20.5 Å². The molecule has 0 amide bonds. The zero-order valence-electron chi connectivity index (χ0n) is 9.04. The molecular formula is C10H8N3NaO2. The average Bonchev–Trinajstić information content (AvgIpc) is 2.65. The predicted molar refractivity (Wildman–Crippen MR) is 50.8 cm³/mol. The van der Waals surface area contributed by atoms with Gasteiger partial charge in [-0.2, -0.15) is 0 Å². The Bertz CT molecular complexity index is 510. The fraction of sp³-hybridized carbons (Fsp3) is 0.100. The molecule has 0 aromatic carbocycles. The number of carbonyl (C=O) groups is 1. The zero-order chi connectivity index (χ0) is 10.8. The van der Waals surface area contributed by atoms with Gasteiger partial charge in [0.1, 0.15) is 5.69 Å². The van der Waals surface area contributed by atoms with E-state index < -0.39 is 5.97 Å². The Kier molecular flexibility index (Phi) is 4.23. The number of imidazole rings is 1. The van der Waals surface area contributed by atoms with Gasteiger partial charge in [0.25, 0.3) is 0 Å². The summed E-state index contributed by atoms with van der Waals surface area (Å²) >= 11 is 0. The van der Waals surface area contributed by atoms with Crippen molar-refractivity contribution in [2.75, 3.05) is 0 Å². The number of carboxylic acid groups (broad SMARTS) is 1. The first-order chi connectivity index (χ1) is 7.16. The van der Waals surface area contributed by atoms with Crippen LogP contribution in [0.3, 0.4) is 0 Å². The summed E-state index contributed by atoms with van der Waals surface area (Å²) in [6.45, 7) is 0. The molecule has 0 atom stereocenters. The number of hydrogen-bond acceptors (Lipinski definition) is 4. The van der Waals surface area contributed by atoms with Gasteiger partial charge in [0, 0.05) is 13.2 Å². The van der Waals surface area contributed by atoms with E-state index in [2.05, 4.69) is 9.97 Å². The van der Waals surface area contributed by atoms with E-state index in [0.717, 1.165) is 0 Å². The van der Waals surface area contributed by atoms with Gasteiger partial charge in [-0.05, 0) is 12.1 Å². The van der Waals surface area contributed by atoms with Gasteiger partial charge in [0.2, 0.25) is 0 Å². The molecule has 0 aliphatic carbocycles. The largest absolute Gasteiger partial charge is 1.00 e. The molecule has 0 aliphatic rings. The smallest absolute Gasteiger partial charge is 0.543 e. The van der Waals surface area contributed by atoms with Crippen LogP contribution in [0, 0.1) is 0 Å². The Balaban J connectivity index is 0.00000128. The van der Waals surface area contributed by atoms with Crippen molar-refractivity contribution in [1.82, 2.24) is 14.5 Å². The number of carboxylic acids is 1. The minimum absolute atomic E-state index is 0. The number of carbonyl (C=O) groups excluding carboxylic acids is 1. The first kappa shape index (κ1) is 12.9. The molecule has 0 radical (unpaired) electrons. The number of aromatic nitrogens is 3. The summed E-state index contributed by atoms with van der Waals surface area (Å²) in [6.07, 6.45) is 3.39. The maximum Gasteiger partial charge on any atom is 1.00 e. The van der Waals surface area contributed by atoms with Gasteiger partial charge in [0.15, 0.2) is 0 Å². The van der Waals surface area contributed by atoms with Crippen molar-refractivity contribution in [1.29, 1.82) is 0 Å². The molecule has 0 saturated carbocycles. The van der Waals surface area contributed by atoms with Crippen molar-refractivity contribution >= 4 is 5.97 Å². The molecule has 0 spiro atoms. The van der Waals surface area contributed by atoms with Crippen molar-refractivity contribution in [2.24, 2.45) is 7.05 Å². The molecule has 0 aliphatic heterocycles. The van der Waals surface area contributed by atoms with E-state index >= 15 is 0 Å². The molecule has 16 heavy (non-hydrogen) atoms. The molecule has 6 heteroatoms. The van der Waals surface area contributed by atoms with Crippen LogP contribution >= 0.6 is 0 Å². The van der Waals surface area contributed by atoms with Gasteiger partial charge < -0.3 is 14.5 Å². The Morgan fingerprint density at radius 3 is 2.69 bits per heavy atom. The molecule has 0 fully saturated rings. The molecule has 0 N–H and O–H groups in total. The molecular weight excluding hydrogens is 217 g/mol. The van der Waals surface area contributed by atoms with Crippen LogP contribution in [-0.2, 0) is 7.05 Å². The molecule has 76 valence electrons. The Morgan fingerprint density at radius 2 is 2.12 bits per heavy atom. The fourth-order valence-electron chi connectivity index (χ4n) is 1.24. The summed E-state index contributed by atoms with van der Waals surface area (Å²) in [5.41, 5.74) is 1.08. The van der Waals surface area contributed by atoms with Crippen LogP contribution in [0.4, 0.5) is 0 Å². The van der Waals surface area contributed by atoms with Crippen molar-refractivity contribution in [3.8, 4) is 11.4 Å². The quantitative estimate of drug-likeness (QED) is 0.506. The number of aromatic carboxylic acids is 1. The van der Waals surface area contributed by atoms with Crippen molar-refractivity contribution < 1.29 is 39.5 Å². The van der Waals surface area contributed by atoms with E-state index in [-0.39, 0.29) is 35.3 Å². The number of rotatable bonds is 2. The first-order valence-electron chi connectivity index (χ1n) is 4.33. The minimum Gasteiger partial charge on any atom is -0.543 e. The molecule has 0 bridgehead atoms. The molecule has 2 aromatic rings. The van der Waals surface area contributed by atoms with E-state index in [1.165, 1.54) is 6.07 Å². The van der Waals surface area contributed by atoms with Crippen molar-refractivity contribution in [3.63, 3.8) is 0 Å². The SMILES string of the molecule is Cn1cnc(-c2cccc(C(=O)[O-])n2)c1.[Na+].